The highest BCUT2D eigenvalue weighted by Gasteiger charge is 2.33. The minimum Gasteiger partial charge on any atom is -0.493 e. The highest BCUT2D eigenvalue weighted by atomic mass is 32.1. The first-order valence-electron chi connectivity index (χ1n) is 11.0. The van der Waals surface area contributed by atoms with Gasteiger partial charge >= 0.3 is 0 Å². The van der Waals surface area contributed by atoms with Gasteiger partial charge in [0.2, 0.25) is 5.82 Å². The molecule has 1 aliphatic heterocycles. The molecule has 1 unspecified atom stereocenters. The lowest BCUT2D eigenvalue weighted by molar-refractivity contribution is 0.188. The Labute approximate surface area is 204 Å². The zero-order chi connectivity index (χ0) is 24.1. The average Bonchev–Trinajstić information content (AvgIpc) is 3.35. The van der Waals surface area contributed by atoms with Gasteiger partial charge in [-0.2, -0.15) is 4.98 Å². The highest BCUT2D eigenvalue weighted by molar-refractivity contribution is 7.80. The molecule has 3 aromatic rings. The fourth-order valence-corrected chi connectivity index (χ4v) is 4.36. The van der Waals surface area contributed by atoms with E-state index in [4.69, 9.17) is 35.9 Å². The molecule has 8 nitrogen and oxygen atoms in total. The first kappa shape index (κ1) is 23.7. The number of ether oxygens (including phenoxy) is 3. The second kappa shape index (κ2) is 10.7. The summed E-state index contributed by atoms with van der Waals surface area (Å²) in [4.78, 5) is 6.81. The maximum atomic E-state index is 5.79. The number of thiocarbonyl (C=S) groups is 1. The Morgan fingerprint density at radius 2 is 1.82 bits per heavy atom. The summed E-state index contributed by atoms with van der Waals surface area (Å²) in [5.41, 5.74) is 3.67. The predicted molar refractivity (Wildman–Crippen MR) is 134 cm³/mol. The highest BCUT2D eigenvalue weighted by Crippen LogP contribution is 2.38. The number of methoxy groups -OCH3 is 3. The third kappa shape index (κ3) is 4.76. The molecule has 34 heavy (non-hydrogen) atoms. The molecule has 178 valence electrons. The van der Waals surface area contributed by atoms with Crippen molar-refractivity contribution in [2.75, 3.05) is 34.5 Å². The molecule has 0 fully saturated rings. The third-order valence-corrected chi connectivity index (χ3v) is 6.10. The molecule has 2 heterocycles. The van der Waals surface area contributed by atoms with Crippen LogP contribution in [0.2, 0.25) is 0 Å². The molecule has 4 rings (SSSR count). The van der Waals surface area contributed by atoms with Crippen molar-refractivity contribution < 1.29 is 18.7 Å². The smallest absolute Gasteiger partial charge is 0.258 e. The van der Waals surface area contributed by atoms with Crippen LogP contribution in [0.4, 0.5) is 0 Å². The summed E-state index contributed by atoms with van der Waals surface area (Å²) in [6, 6.07) is 15.4. The van der Waals surface area contributed by atoms with Gasteiger partial charge in [0.1, 0.15) is 0 Å². The first-order valence-corrected chi connectivity index (χ1v) is 11.4. The van der Waals surface area contributed by atoms with E-state index in [0.29, 0.717) is 41.5 Å². The topological polar surface area (TPSA) is 81.9 Å². The second-order valence-electron chi connectivity index (χ2n) is 7.78. The van der Waals surface area contributed by atoms with E-state index in [1.54, 1.807) is 21.3 Å². The third-order valence-electron chi connectivity index (χ3n) is 5.76. The van der Waals surface area contributed by atoms with Crippen LogP contribution in [0.25, 0.3) is 17.0 Å². The van der Waals surface area contributed by atoms with Crippen LogP contribution in [-0.2, 0) is 4.74 Å². The summed E-state index contributed by atoms with van der Waals surface area (Å²) in [5.74, 6) is 2.12. The lowest BCUT2D eigenvalue weighted by Crippen LogP contribution is -2.46. The van der Waals surface area contributed by atoms with E-state index >= 15 is 0 Å². The number of benzene rings is 2. The summed E-state index contributed by atoms with van der Waals surface area (Å²) in [7, 11) is 4.89. The molecule has 9 heteroatoms. The summed E-state index contributed by atoms with van der Waals surface area (Å²) in [5, 5.41) is 8.38. The molecule has 0 bridgehead atoms. The van der Waals surface area contributed by atoms with Crippen molar-refractivity contribution in [3.05, 3.63) is 65.7 Å². The van der Waals surface area contributed by atoms with E-state index < -0.39 is 0 Å². The van der Waals surface area contributed by atoms with Crippen LogP contribution >= 0.6 is 12.2 Å². The normalized spacial score (nSPS) is 15.9. The number of nitrogens with one attached hydrogen (secondary N) is 1. The van der Waals surface area contributed by atoms with Gasteiger partial charge in [-0.05, 0) is 49.3 Å². The molecule has 0 amide bonds. The quantitative estimate of drug-likeness (QED) is 0.353. The van der Waals surface area contributed by atoms with Gasteiger partial charge in [-0.3, -0.25) is 0 Å². The van der Waals surface area contributed by atoms with Crippen LogP contribution < -0.4 is 14.8 Å². The molecular weight excluding hydrogens is 452 g/mol. The van der Waals surface area contributed by atoms with Gasteiger partial charge < -0.3 is 29.0 Å². The van der Waals surface area contributed by atoms with Crippen LogP contribution in [0.15, 0.2) is 58.8 Å². The number of hydrogen-bond acceptors (Lipinski definition) is 7. The fraction of sp³-hybridized carbons (Fsp3) is 0.320. The van der Waals surface area contributed by atoms with Gasteiger partial charge in [0.15, 0.2) is 16.6 Å². The number of hydrogen-bond donors (Lipinski definition) is 1. The van der Waals surface area contributed by atoms with Gasteiger partial charge in [-0.1, -0.05) is 35.5 Å². The maximum Gasteiger partial charge on any atom is 0.258 e. The van der Waals surface area contributed by atoms with Gasteiger partial charge in [0, 0.05) is 31.5 Å². The second-order valence-corrected chi connectivity index (χ2v) is 8.17. The lowest BCUT2D eigenvalue weighted by atomic mass is 9.95. The van der Waals surface area contributed by atoms with Crippen molar-refractivity contribution in [3.63, 3.8) is 0 Å². The van der Waals surface area contributed by atoms with Crippen LogP contribution in [0, 0.1) is 0 Å². The molecule has 2 aromatic carbocycles. The van der Waals surface area contributed by atoms with E-state index in [1.807, 2.05) is 43.3 Å². The van der Waals surface area contributed by atoms with Crippen molar-refractivity contribution in [2.45, 2.75) is 19.4 Å². The molecule has 1 N–H and O–H groups in total. The number of nitrogens with zero attached hydrogens (tertiary/aromatic N) is 3. The molecular formula is C25H28N4O4S. The predicted octanol–water partition coefficient (Wildman–Crippen LogP) is 4.45. The first-order chi connectivity index (χ1) is 16.6. The van der Waals surface area contributed by atoms with Crippen molar-refractivity contribution in [3.8, 4) is 22.9 Å². The molecule has 0 aliphatic carbocycles. The van der Waals surface area contributed by atoms with E-state index in [2.05, 4.69) is 27.5 Å². The zero-order valence-electron chi connectivity index (χ0n) is 19.7. The lowest BCUT2D eigenvalue weighted by Gasteiger charge is -2.37. The Morgan fingerprint density at radius 3 is 2.53 bits per heavy atom. The van der Waals surface area contributed by atoms with Crippen molar-refractivity contribution >= 4 is 22.9 Å². The van der Waals surface area contributed by atoms with E-state index in [1.165, 1.54) is 0 Å². The number of rotatable bonds is 9. The molecule has 0 saturated carbocycles. The van der Waals surface area contributed by atoms with Crippen LogP contribution in [0.3, 0.4) is 0 Å². The van der Waals surface area contributed by atoms with Gasteiger partial charge in [-0.25, -0.2) is 0 Å². The Bertz CT molecular complexity index is 1180. The summed E-state index contributed by atoms with van der Waals surface area (Å²) < 4.78 is 21.8. The number of aromatic nitrogens is 2. The van der Waals surface area contributed by atoms with Crippen molar-refractivity contribution in [1.82, 2.24) is 20.4 Å². The summed E-state index contributed by atoms with van der Waals surface area (Å²) in [6.45, 7) is 3.40. The minimum absolute atomic E-state index is 0.217. The molecule has 0 radical (unpaired) electrons. The molecule has 1 aliphatic rings. The summed E-state index contributed by atoms with van der Waals surface area (Å²) >= 11 is 5.71. The van der Waals surface area contributed by atoms with Crippen molar-refractivity contribution in [2.24, 2.45) is 0 Å². The average molecular weight is 481 g/mol. The van der Waals surface area contributed by atoms with Gasteiger partial charge in [-0.15, -0.1) is 0 Å². The number of allylic oxidation sites excluding steroid dienone is 1. The Kier molecular flexibility index (Phi) is 7.44. The van der Waals surface area contributed by atoms with Gasteiger partial charge in [0.05, 0.1) is 25.8 Å². The molecule has 0 saturated heterocycles. The van der Waals surface area contributed by atoms with E-state index in [-0.39, 0.29) is 6.04 Å². The largest absolute Gasteiger partial charge is 0.493 e. The SMILES string of the molecule is COCCCN1C(=S)NC(c2ccccc2)C(c2nc(-c3ccc(OC)c(OC)c3)no2)=C1C. The Balaban J connectivity index is 1.75. The van der Waals surface area contributed by atoms with Crippen LogP contribution in [0.5, 0.6) is 11.5 Å². The van der Waals surface area contributed by atoms with Gasteiger partial charge in [0.25, 0.3) is 5.89 Å². The fourth-order valence-electron chi connectivity index (χ4n) is 4.02. The van der Waals surface area contributed by atoms with Crippen molar-refractivity contribution in [1.29, 1.82) is 0 Å². The zero-order valence-corrected chi connectivity index (χ0v) is 20.5. The van der Waals surface area contributed by atoms with Crippen LogP contribution in [0.1, 0.15) is 30.8 Å². The maximum absolute atomic E-state index is 5.79. The minimum atomic E-state index is -0.217. The standard InChI is InChI=1S/C25H28N4O4S/c1-16-21(24-27-23(28-33-24)18-11-12-19(31-3)20(15-18)32-4)22(17-9-6-5-7-10-17)26-25(34)29(16)13-8-14-30-2/h5-7,9-12,15,22H,8,13-14H2,1-4H3,(H,26,34). The van der Waals surface area contributed by atoms with E-state index in [9.17, 15) is 0 Å². The Hall–Kier alpha value is -3.43. The molecule has 0 spiro atoms. The summed E-state index contributed by atoms with van der Waals surface area (Å²) in [6.07, 6.45) is 0.833. The van der Waals surface area contributed by atoms with E-state index in [0.717, 1.165) is 28.8 Å². The molecule has 1 atom stereocenters. The van der Waals surface area contributed by atoms with Crippen LogP contribution in [-0.4, -0.2) is 54.6 Å². The Morgan fingerprint density at radius 1 is 1.06 bits per heavy atom. The monoisotopic (exact) mass is 480 g/mol. The molecule has 1 aromatic heterocycles.